The molecule has 1 aliphatic rings. The van der Waals surface area contributed by atoms with Crippen molar-refractivity contribution in [3.63, 3.8) is 0 Å². The number of benzene rings is 2. The second-order valence-electron chi connectivity index (χ2n) is 6.20. The summed E-state index contributed by atoms with van der Waals surface area (Å²) in [7, 11) is 3.85. The van der Waals surface area contributed by atoms with Gasteiger partial charge in [-0.25, -0.2) is 0 Å². The molecule has 0 radical (unpaired) electrons. The van der Waals surface area contributed by atoms with E-state index in [4.69, 9.17) is 4.74 Å². The molecule has 0 unspecified atom stereocenters. The zero-order valence-corrected chi connectivity index (χ0v) is 13.6. The summed E-state index contributed by atoms with van der Waals surface area (Å²) in [6.07, 6.45) is 4.40. The van der Waals surface area contributed by atoms with Crippen LogP contribution < -0.4 is 4.74 Å². The van der Waals surface area contributed by atoms with Crippen LogP contribution in [0.5, 0.6) is 5.75 Å². The van der Waals surface area contributed by atoms with Gasteiger partial charge >= 0.3 is 0 Å². The van der Waals surface area contributed by atoms with Gasteiger partial charge in [-0.3, -0.25) is 0 Å². The van der Waals surface area contributed by atoms with Crippen LogP contribution >= 0.6 is 0 Å². The van der Waals surface area contributed by atoms with Gasteiger partial charge in [-0.1, -0.05) is 30.3 Å². The lowest BCUT2D eigenvalue weighted by molar-refractivity contribution is -0.401. The van der Waals surface area contributed by atoms with Gasteiger partial charge in [-0.2, -0.15) is 4.58 Å². The normalized spacial score (nSPS) is 16.2. The minimum absolute atomic E-state index is 0.0378. The van der Waals surface area contributed by atoms with E-state index < -0.39 is 0 Å². The zero-order chi connectivity index (χ0) is 15.7. The fourth-order valence-electron chi connectivity index (χ4n) is 3.18. The third kappa shape index (κ3) is 2.35. The quantitative estimate of drug-likeness (QED) is 0.763. The molecule has 112 valence electrons. The van der Waals surface area contributed by atoms with Crippen LogP contribution in [0.1, 0.15) is 25.0 Å². The maximum atomic E-state index is 5.39. The molecule has 3 rings (SSSR count). The lowest BCUT2D eigenvalue weighted by Gasteiger charge is -2.16. The third-order valence-corrected chi connectivity index (χ3v) is 4.47. The number of allylic oxidation sites excluding steroid dienone is 1. The van der Waals surface area contributed by atoms with Crippen LogP contribution in [0.15, 0.2) is 54.6 Å². The van der Waals surface area contributed by atoms with Gasteiger partial charge < -0.3 is 4.74 Å². The van der Waals surface area contributed by atoms with E-state index >= 15 is 0 Å². The topological polar surface area (TPSA) is 12.2 Å². The molecule has 0 atom stereocenters. The van der Waals surface area contributed by atoms with E-state index in [2.05, 4.69) is 74.0 Å². The number of nitrogens with zero attached hydrogens (tertiary/aromatic N) is 1. The molecule has 2 aromatic carbocycles. The van der Waals surface area contributed by atoms with Crippen molar-refractivity contribution >= 4 is 17.5 Å². The van der Waals surface area contributed by atoms with Crippen molar-refractivity contribution in [2.45, 2.75) is 19.3 Å². The maximum absolute atomic E-state index is 5.39. The molecule has 0 saturated heterocycles. The van der Waals surface area contributed by atoms with Gasteiger partial charge in [0.1, 0.15) is 12.8 Å². The molecule has 22 heavy (non-hydrogen) atoms. The highest BCUT2D eigenvalue weighted by molar-refractivity contribution is 6.05. The first-order valence-electron chi connectivity index (χ1n) is 7.57. The Morgan fingerprint density at radius 2 is 1.73 bits per heavy atom. The van der Waals surface area contributed by atoms with Crippen LogP contribution in [0.4, 0.5) is 5.69 Å². The SMILES string of the molecule is COc1ccc2c(c1)C(C)(C)C(/C=C/c1ccccc1)=[N+]2C. The fraction of sp³-hybridized carbons (Fsp3) is 0.250. The van der Waals surface area contributed by atoms with E-state index in [1.165, 1.54) is 22.5 Å². The fourth-order valence-corrected chi connectivity index (χ4v) is 3.18. The first-order valence-corrected chi connectivity index (χ1v) is 7.57. The van der Waals surface area contributed by atoms with Gasteiger partial charge in [0.05, 0.1) is 12.5 Å². The van der Waals surface area contributed by atoms with Gasteiger partial charge in [0, 0.05) is 17.7 Å². The molecule has 1 heterocycles. The molecular formula is C20H22NO+. The van der Waals surface area contributed by atoms with Crippen LogP contribution in [-0.2, 0) is 5.41 Å². The molecule has 0 aliphatic carbocycles. The van der Waals surface area contributed by atoms with Gasteiger partial charge in [0.25, 0.3) is 0 Å². The number of rotatable bonds is 3. The molecule has 2 heteroatoms. The summed E-state index contributed by atoms with van der Waals surface area (Å²) in [6.45, 7) is 4.53. The third-order valence-electron chi connectivity index (χ3n) is 4.47. The van der Waals surface area contributed by atoms with Crippen LogP contribution in [0.2, 0.25) is 0 Å². The Bertz CT molecular complexity index is 755. The largest absolute Gasteiger partial charge is 0.497 e. The van der Waals surface area contributed by atoms with Gasteiger partial charge in [-0.15, -0.1) is 0 Å². The summed E-state index contributed by atoms with van der Waals surface area (Å²) in [5.41, 5.74) is 5.03. The predicted molar refractivity (Wildman–Crippen MR) is 92.3 cm³/mol. The van der Waals surface area contributed by atoms with E-state index in [-0.39, 0.29) is 5.41 Å². The molecule has 1 aliphatic heterocycles. The van der Waals surface area contributed by atoms with Crippen molar-refractivity contribution in [3.8, 4) is 5.75 Å². The molecular weight excluding hydrogens is 270 g/mol. The standard InChI is InChI=1S/C20H22NO/c1-20(2)17-14-16(22-4)11-12-18(17)21(3)19(20)13-10-15-8-6-5-7-9-15/h5-14H,1-4H3/q+1/b13-10+. The maximum Gasteiger partial charge on any atom is 0.209 e. The first kappa shape index (κ1) is 14.6. The minimum Gasteiger partial charge on any atom is -0.497 e. The Balaban J connectivity index is 2.02. The van der Waals surface area contributed by atoms with E-state index in [1.807, 2.05) is 12.1 Å². The zero-order valence-electron chi connectivity index (χ0n) is 13.6. The van der Waals surface area contributed by atoms with Crippen LogP contribution in [0.25, 0.3) is 6.08 Å². The summed E-state index contributed by atoms with van der Waals surface area (Å²) >= 11 is 0. The van der Waals surface area contributed by atoms with E-state index in [9.17, 15) is 0 Å². The van der Waals surface area contributed by atoms with Crippen molar-refractivity contribution in [2.75, 3.05) is 14.2 Å². The molecule has 0 spiro atoms. The van der Waals surface area contributed by atoms with Crippen molar-refractivity contribution in [1.29, 1.82) is 0 Å². The monoisotopic (exact) mass is 292 g/mol. The highest BCUT2D eigenvalue weighted by atomic mass is 16.5. The first-order chi connectivity index (χ1) is 10.5. The lowest BCUT2D eigenvalue weighted by Crippen LogP contribution is -2.26. The van der Waals surface area contributed by atoms with Crippen molar-refractivity contribution in [3.05, 3.63) is 65.7 Å². The van der Waals surface area contributed by atoms with Crippen LogP contribution in [0, 0.1) is 0 Å². The number of methoxy groups -OCH3 is 1. The molecule has 2 nitrogen and oxygen atoms in total. The lowest BCUT2D eigenvalue weighted by atomic mass is 9.81. The molecule has 0 aromatic heterocycles. The highest BCUT2D eigenvalue weighted by Gasteiger charge is 2.43. The summed E-state index contributed by atoms with van der Waals surface area (Å²) in [6, 6.07) is 16.7. The number of ether oxygens (including phenoxy) is 1. The van der Waals surface area contributed by atoms with Crippen molar-refractivity contribution < 1.29 is 9.31 Å². The summed E-state index contributed by atoms with van der Waals surface area (Å²) in [5, 5.41) is 0. The Morgan fingerprint density at radius 1 is 1.00 bits per heavy atom. The molecule has 0 fully saturated rings. The van der Waals surface area contributed by atoms with Crippen LogP contribution in [0.3, 0.4) is 0 Å². The van der Waals surface area contributed by atoms with Crippen LogP contribution in [-0.4, -0.2) is 24.4 Å². The predicted octanol–water partition coefficient (Wildman–Crippen LogP) is 4.41. The Morgan fingerprint density at radius 3 is 2.41 bits per heavy atom. The van der Waals surface area contributed by atoms with Crippen molar-refractivity contribution in [2.24, 2.45) is 0 Å². The average Bonchev–Trinajstić information content (AvgIpc) is 2.73. The molecule has 2 aromatic rings. The Hall–Kier alpha value is -2.35. The molecule has 0 saturated carbocycles. The Labute approximate surface area is 132 Å². The van der Waals surface area contributed by atoms with Crippen molar-refractivity contribution in [1.82, 2.24) is 0 Å². The minimum atomic E-state index is -0.0378. The smallest absolute Gasteiger partial charge is 0.209 e. The van der Waals surface area contributed by atoms with E-state index in [1.54, 1.807) is 7.11 Å². The van der Waals surface area contributed by atoms with E-state index in [0.29, 0.717) is 0 Å². The second-order valence-corrected chi connectivity index (χ2v) is 6.20. The number of fused-ring (bicyclic) bond motifs is 1. The average molecular weight is 292 g/mol. The molecule has 0 amide bonds. The molecule has 0 bridgehead atoms. The number of hydrogen-bond acceptors (Lipinski definition) is 1. The van der Waals surface area contributed by atoms with Gasteiger partial charge in [0.2, 0.25) is 5.69 Å². The van der Waals surface area contributed by atoms with Gasteiger partial charge in [0.15, 0.2) is 5.71 Å². The number of hydrogen-bond donors (Lipinski definition) is 0. The van der Waals surface area contributed by atoms with Gasteiger partial charge in [-0.05, 0) is 37.6 Å². The summed E-state index contributed by atoms with van der Waals surface area (Å²) < 4.78 is 7.66. The summed E-state index contributed by atoms with van der Waals surface area (Å²) in [4.78, 5) is 0. The molecule has 0 N–H and O–H groups in total. The second kappa shape index (κ2) is 5.45. The summed E-state index contributed by atoms with van der Waals surface area (Å²) in [5.74, 6) is 0.911. The Kier molecular flexibility index (Phi) is 3.61. The highest BCUT2D eigenvalue weighted by Crippen LogP contribution is 2.41. The van der Waals surface area contributed by atoms with E-state index in [0.717, 1.165) is 5.75 Å².